The van der Waals surface area contributed by atoms with Gasteiger partial charge in [0.15, 0.2) is 6.29 Å². The highest BCUT2D eigenvalue weighted by molar-refractivity contribution is 6.24. The molecule has 0 aromatic heterocycles. The van der Waals surface area contributed by atoms with Crippen LogP contribution < -0.4 is 0 Å². The van der Waals surface area contributed by atoms with Crippen molar-refractivity contribution in [2.75, 3.05) is 18.4 Å². The second kappa shape index (κ2) is 8.05. The Labute approximate surface area is 152 Å². The van der Waals surface area contributed by atoms with Gasteiger partial charge in [-0.25, -0.2) is 0 Å². The maximum atomic E-state index is 10.3. The van der Waals surface area contributed by atoms with Gasteiger partial charge in [0.2, 0.25) is 5.79 Å². The normalized spacial score (nSPS) is 51.1. The summed E-state index contributed by atoms with van der Waals surface area (Å²) in [6.45, 7) is -0.502. The van der Waals surface area contributed by atoms with E-state index in [9.17, 15) is 20.4 Å². The summed E-state index contributed by atoms with van der Waals surface area (Å²) in [4.78, 5) is 0. The van der Waals surface area contributed by atoms with Crippen LogP contribution in [0.2, 0.25) is 0 Å². The molecule has 0 aromatic rings. The lowest BCUT2D eigenvalue weighted by Gasteiger charge is -2.43. The number of aliphatic hydroxyl groups excluding tert-OH is 4. The van der Waals surface area contributed by atoms with Crippen molar-refractivity contribution in [3.05, 3.63) is 0 Å². The first-order chi connectivity index (χ1) is 10.8. The van der Waals surface area contributed by atoms with Crippen molar-refractivity contribution < 1.29 is 34.6 Å². The van der Waals surface area contributed by atoms with Gasteiger partial charge < -0.3 is 34.6 Å². The summed E-state index contributed by atoms with van der Waals surface area (Å²) in [5.74, 6) is -2.12. The number of aliphatic hydroxyl groups is 4. The third-order valence-electron chi connectivity index (χ3n) is 3.91. The number of ether oxygens (including phenoxy) is 3. The molecule has 2 fully saturated rings. The number of halogens is 4. The molecule has 0 aliphatic carbocycles. The van der Waals surface area contributed by atoms with E-state index in [2.05, 4.69) is 0 Å². The molecule has 0 radical (unpaired) electrons. The summed E-state index contributed by atoms with van der Waals surface area (Å²) in [6, 6.07) is 0. The fraction of sp³-hybridized carbons (Fsp3) is 1.00. The topological polar surface area (TPSA) is 109 Å². The van der Waals surface area contributed by atoms with Crippen LogP contribution in [0.1, 0.15) is 0 Å². The van der Waals surface area contributed by atoms with Crippen molar-refractivity contribution in [1.29, 1.82) is 0 Å². The zero-order valence-corrected chi connectivity index (χ0v) is 14.8. The standard InChI is InChI=1S/C12H18Cl4O7/c13-1-4-7(16)10(20)12(3-14,22-4)23-11-9(19)8(18)6(15)5(2-17)21-11/h4-11,17-20H,1-3H2/t4-,5-,6+,7+,8+,9-,10-,11-,12+/m1/s1. The van der Waals surface area contributed by atoms with Gasteiger partial charge in [-0.05, 0) is 0 Å². The lowest BCUT2D eigenvalue weighted by atomic mass is 10.0. The Kier molecular flexibility index (Phi) is 7.07. The van der Waals surface area contributed by atoms with Gasteiger partial charge in [0.1, 0.15) is 24.4 Å². The summed E-state index contributed by atoms with van der Waals surface area (Å²) >= 11 is 23.5. The second-order valence-electron chi connectivity index (χ2n) is 5.41. The Balaban J connectivity index is 2.18. The van der Waals surface area contributed by atoms with Crippen LogP contribution in [0.4, 0.5) is 0 Å². The van der Waals surface area contributed by atoms with Gasteiger partial charge in [0.05, 0.1) is 35.2 Å². The van der Waals surface area contributed by atoms with Crippen LogP contribution in [0, 0.1) is 0 Å². The summed E-state index contributed by atoms with van der Waals surface area (Å²) in [7, 11) is 0. The minimum Gasteiger partial charge on any atom is -0.394 e. The maximum absolute atomic E-state index is 10.3. The van der Waals surface area contributed by atoms with Gasteiger partial charge in [-0.2, -0.15) is 0 Å². The van der Waals surface area contributed by atoms with E-state index < -0.39 is 60.0 Å². The lowest BCUT2D eigenvalue weighted by molar-refractivity contribution is -0.357. The van der Waals surface area contributed by atoms with Crippen LogP contribution in [0.15, 0.2) is 0 Å². The molecule has 136 valence electrons. The predicted octanol–water partition coefficient (Wildman–Crippen LogP) is -0.410. The molecule has 9 atom stereocenters. The fourth-order valence-corrected chi connectivity index (χ4v) is 3.78. The third-order valence-corrected chi connectivity index (χ3v) is 5.65. The van der Waals surface area contributed by atoms with Crippen molar-refractivity contribution in [3.8, 4) is 0 Å². The van der Waals surface area contributed by atoms with Gasteiger partial charge in [-0.1, -0.05) is 0 Å². The van der Waals surface area contributed by atoms with Gasteiger partial charge in [0.25, 0.3) is 0 Å². The monoisotopic (exact) mass is 414 g/mol. The quantitative estimate of drug-likeness (QED) is 0.452. The molecule has 0 amide bonds. The van der Waals surface area contributed by atoms with Crippen molar-refractivity contribution in [1.82, 2.24) is 0 Å². The highest BCUT2D eigenvalue weighted by atomic mass is 35.5. The van der Waals surface area contributed by atoms with Gasteiger partial charge in [0, 0.05) is 0 Å². The van der Waals surface area contributed by atoms with Crippen LogP contribution in [0.25, 0.3) is 0 Å². The molecule has 23 heavy (non-hydrogen) atoms. The molecule has 2 aliphatic rings. The van der Waals surface area contributed by atoms with Crippen LogP contribution in [-0.4, -0.2) is 92.1 Å². The molecule has 2 rings (SSSR count). The third kappa shape index (κ3) is 3.71. The van der Waals surface area contributed by atoms with E-state index in [4.69, 9.17) is 60.6 Å². The molecule has 2 aliphatic heterocycles. The number of hydrogen-bond donors (Lipinski definition) is 4. The van der Waals surface area contributed by atoms with Gasteiger partial charge in [-0.3, -0.25) is 0 Å². The van der Waals surface area contributed by atoms with Gasteiger partial charge >= 0.3 is 0 Å². The fourth-order valence-electron chi connectivity index (χ4n) is 2.53. The smallest absolute Gasteiger partial charge is 0.213 e. The molecule has 0 spiro atoms. The molecule has 7 nitrogen and oxygen atoms in total. The maximum Gasteiger partial charge on any atom is 0.213 e. The van der Waals surface area contributed by atoms with E-state index in [0.29, 0.717) is 0 Å². The van der Waals surface area contributed by atoms with E-state index >= 15 is 0 Å². The average molecular weight is 416 g/mol. The largest absolute Gasteiger partial charge is 0.394 e. The van der Waals surface area contributed by atoms with Crippen LogP contribution in [-0.2, 0) is 14.2 Å². The van der Waals surface area contributed by atoms with E-state index in [-0.39, 0.29) is 11.8 Å². The zero-order chi connectivity index (χ0) is 17.4. The Morgan fingerprint density at radius 3 is 2.13 bits per heavy atom. The Morgan fingerprint density at radius 1 is 1.00 bits per heavy atom. The van der Waals surface area contributed by atoms with Crippen LogP contribution >= 0.6 is 46.4 Å². The Bertz CT molecular complexity index is 404. The van der Waals surface area contributed by atoms with Crippen molar-refractivity contribution in [2.24, 2.45) is 0 Å². The Hall–Kier alpha value is 0.880. The molecule has 11 heteroatoms. The van der Waals surface area contributed by atoms with Crippen molar-refractivity contribution >= 4 is 46.4 Å². The van der Waals surface area contributed by atoms with Crippen LogP contribution in [0.5, 0.6) is 0 Å². The first kappa shape index (κ1) is 20.2. The highest BCUT2D eigenvalue weighted by Crippen LogP contribution is 2.39. The van der Waals surface area contributed by atoms with Crippen molar-refractivity contribution in [3.63, 3.8) is 0 Å². The summed E-state index contributed by atoms with van der Waals surface area (Å²) in [5.41, 5.74) is 0. The zero-order valence-electron chi connectivity index (χ0n) is 11.8. The number of alkyl halides is 4. The number of hydrogen-bond acceptors (Lipinski definition) is 7. The first-order valence-corrected chi connectivity index (χ1v) is 8.81. The first-order valence-electron chi connectivity index (χ1n) is 6.87. The molecule has 0 saturated carbocycles. The van der Waals surface area contributed by atoms with E-state index in [0.717, 1.165) is 0 Å². The molecular formula is C12H18Cl4O7. The highest BCUT2D eigenvalue weighted by Gasteiger charge is 2.57. The molecular weight excluding hydrogens is 398 g/mol. The summed E-state index contributed by atoms with van der Waals surface area (Å²) in [5, 5.41) is 37.6. The predicted molar refractivity (Wildman–Crippen MR) is 83.2 cm³/mol. The average Bonchev–Trinajstić information content (AvgIpc) is 2.80. The van der Waals surface area contributed by atoms with Gasteiger partial charge in [-0.15, -0.1) is 46.4 Å². The molecule has 0 unspecified atom stereocenters. The minimum absolute atomic E-state index is 0.00700. The van der Waals surface area contributed by atoms with E-state index in [1.54, 1.807) is 0 Å². The summed E-state index contributed by atoms with van der Waals surface area (Å²) in [6.07, 6.45) is -7.47. The molecule has 2 heterocycles. The second-order valence-corrected chi connectivity index (χ2v) is 7.00. The summed E-state index contributed by atoms with van der Waals surface area (Å²) < 4.78 is 16.4. The molecule has 0 bridgehead atoms. The molecule has 4 N–H and O–H groups in total. The molecule has 0 aromatic carbocycles. The molecule has 2 saturated heterocycles. The van der Waals surface area contributed by atoms with Crippen molar-refractivity contribution in [2.45, 2.75) is 53.4 Å². The minimum atomic E-state index is -1.78. The van der Waals surface area contributed by atoms with E-state index in [1.807, 2.05) is 0 Å². The lowest BCUT2D eigenvalue weighted by Crippen LogP contribution is -2.61. The SMILES string of the molecule is OC[C@H]1O[C@H](O[C@]2(CCl)O[C@H](CCl)[C@H](Cl)[C@H]2O)[C@H](O)[C@@H](O)[C@H]1Cl. The Morgan fingerprint density at radius 2 is 1.65 bits per heavy atom. The number of rotatable bonds is 5. The van der Waals surface area contributed by atoms with Crippen LogP contribution in [0.3, 0.4) is 0 Å². The van der Waals surface area contributed by atoms with E-state index in [1.165, 1.54) is 0 Å².